The van der Waals surface area contributed by atoms with Crippen LogP contribution in [0.1, 0.15) is 13.3 Å². The van der Waals surface area contributed by atoms with Crippen LogP contribution in [0.4, 0.5) is 10.5 Å². The Bertz CT molecular complexity index is 467. The number of aliphatic hydroxyl groups excluding tert-OH is 1. The molecule has 19 heavy (non-hydrogen) atoms. The van der Waals surface area contributed by atoms with E-state index in [1.807, 2.05) is 19.1 Å². The molecular weight excluding hydrogens is 312 g/mol. The van der Waals surface area contributed by atoms with E-state index in [2.05, 4.69) is 21.2 Å². The number of nitrogens with zero attached hydrogens (tertiary/aromatic N) is 1. The summed E-state index contributed by atoms with van der Waals surface area (Å²) in [4.78, 5) is 13.7. The van der Waals surface area contributed by atoms with E-state index >= 15 is 0 Å². The Hall–Kier alpha value is -1.27. The molecule has 2 amide bonds. The average Bonchev–Trinajstić information content (AvgIpc) is 2.80. The highest BCUT2D eigenvalue weighted by molar-refractivity contribution is 9.10. The summed E-state index contributed by atoms with van der Waals surface area (Å²) >= 11 is 3.37. The standard InChI is InChI=1S/C13H17BrN2O3/c1-2-19-12-4-3-9(14)7-11(12)15-13(18)16-6-5-10(17)8-16/h3-4,7,10,17H,2,5-6,8H2,1H3,(H,15,18)/t10-/m1/s1. The minimum Gasteiger partial charge on any atom is -0.492 e. The van der Waals surface area contributed by atoms with E-state index in [0.29, 0.717) is 37.6 Å². The van der Waals surface area contributed by atoms with Crippen LogP contribution in [0, 0.1) is 0 Å². The van der Waals surface area contributed by atoms with Crippen molar-refractivity contribution >= 4 is 27.6 Å². The maximum Gasteiger partial charge on any atom is 0.322 e. The summed E-state index contributed by atoms with van der Waals surface area (Å²) in [6, 6.07) is 5.26. The number of aliphatic hydroxyl groups is 1. The lowest BCUT2D eigenvalue weighted by Crippen LogP contribution is -2.33. The number of amides is 2. The summed E-state index contributed by atoms with van der Waals surface area (Å²) < 4.78 is 6.34. The first kappa shape index (κ1) is 14.1. The van der Waals surface area contributed by atoms with Gasteiger partial charge < -0.3 is 20.1 Å². The minimum atomic E-state index is -0.417. The van der Waals surface area contributed by atoms with Gasteiger partial charge in [0, 0.05) is 17.6 Å². The number of ether oxygens (including phenoxy) is 1. The zero-order valence-corrected chi connectivity index (χ0v) is 12.3. The van der Waals surface area contributed by atoms with Gasteiger partial charge >= 0.3 is 6.03 Å². The van der Waals surface area contributed by atoms with Crippen LogP contribution in [0.25, 0.3) is 0 Å². The van der Waals surface area contributed by atoms with Gasteiger partial charge in [0.2, 0.25) is 0 Å². The van der Waals surface area contributed by atoms with Crippen LogP contribution in [0.15, 0.2) is 22.7 Å². The van der Waals surface area contributed by atoms with Crippen LogP contribution in [0.2, 0.25) is 0 Å². The predicted octanol–water partition coefficient (Wildman–Crippen LogP) is 2.45. The van der Waals surface area contributed by atoms with Crippen molar-refractivity contribution in [3.8, 4) is 5.75 Å². The number of hydrogen-bond donors (Lipinski definition) is 2. The number of halogens is 1. The molecule has 1 aromatic rings. The summed E-state index contributed by atoms with van der Waals surface area (Å²) in [5.41, 5.74) is 0.627. The van der Waals surface area contributed by atoms with Crippen molar-refractivity contribution in [2.45, 2.75) is 19.4 Å². The number of carbonyl (C=O) groups is 1. The van der Waals surface area contributed by atoms with Crippen molar-refractivity contribution in [2.75, 3.05) is 25.0 Å². The third kappa shape index (κ3) is 3.61. The second-order valence-electron chi connectivity index (χ2n) is 4.39. The highest BCUT2D eigenvalue weighted by Gasteiger charge is 2.25. The molecule has 0 aliphatic carbocycles. The number of carbonyl (C=O) groups excluding carboxylic acids is 1. The lowest BCUT2D eigenvalue weighted by Gasteiger charge is -2.18. The van der Waals surface area contributed by atoms with Gasteiger partial charge in [-0.3, -0.25) is 0 Å². The summed E-state index contributed by atoms with van der Waals surface area (Å²) in [5.74, 6) is 0.638. The molecule has 0 radical (unpaired) electrons. The molecule has 1 saturated heterocycles. The highest BCUT2D eigenvalue weighted by Crippen LogP contribution is 2.28. The molecule has 1 aliphatic rings. The Morgan fingerprint density at radius 3 is 3.05 bits per heavy atom. The first-order valence-corrected chi connectivity index (χ1v) is 7.05. The number of anilines is 1. The van der Waals surface area contributed by atoms with Gasteiger partial charge in [-0.05, 0) is 31.5 Å². The fourth-order valence-electron chi connectivity index (χ4n) is 2.00. The molecule has 0 spiro atoms. The fourth-order valence-corrected chi connectivity index (χ4v) is 2.36. The van der Waals surface area contributed by atoms with Crippen LogP contribution in [-0.2, 0) is 0 Å². The smallest absolute Gasteiger partial charge is 0.322 e. The van der Waals surface area contributed by atoms with Crippen molar-refractivity contribution in [3.63, 3.8) is 0 Å². The summed E-state index contributed by atoms with van der Waals surface area (Å²) in [6.07, 6.45) is 0.212. The van der Waals surface area contributed by atoms with Gasteiger partial charge in [-0.1, -0.05) is 15.9 Å². The molecule has 2 N–H and O–H groups in total. The average molecular weight is 329 g/mol. The number of urea groups is 1. The van der Waals surface area contributed by atoms with E-state index < -0.39 is 6.10 Å². The number of nitrogens with one attached hydrogen (secondary N) is 1. The van der Waals surface area contributed by atoms with Gasteiger partial charge in [0.15, 0.2) is 0 Å². The van der Waals surface area contributed by atoms with Crippen LogP contribution in [0.3, 0.4) is 0 Å². The third-order valence-corrected chi connectivity index (χ3v) is 3.43. The number of β-amino-alcohol motifs (C(OH)–C–C–N with tert-alkyl or cyclic N) is 1. The largest absolute Gasteiger partial charge is 0.492 e. The third-order valence-electron chi connectivity index (χ3n) is 2.93. The second kappa shape index (κ2) is 6.25. The second-order valence-corrected chi connectivity index (χ2v) is 5.31. The molecule has 5 nitrogen and oxygen atoms in total. The van der Waals surface area contributed by atoms with E-state index in [9.17, 15) is 9.90 Å². The monoisotopic (exact) mass is 328 g/mol. The molecule has 1 aliphatic heterocycles. The molecule has 1 aromatic carbocycles. The number of likely N-dealkylation sites (tertiary alicyclic amines) is 1. The highest BCUT2D eigenvalue weighted by atomic mass is 79.9. The van der Waals surface area contributed by atoms with E-state index in [0.717, 1.165) is 4.47 Å². The zero-order chi connectivity index (χ0) is 13.8. The van der Waals surface area contributed by atoms with Gasteiger partial charge in [0.05, 0.1) is 18.4 Å². The Morgan fingerprint density at radius 1 is 1.63 bits per heavy atom. The number of benzene rings is 1. The SMILES string of the molecule is CCOc1ccc(Br)cc1NC(=O)N1CC[C@@H](O)C1. The van der Waals surface area contributed by atoms with Crippen molar-refractivity contribution in [1.29, 1.82) is 0 Å². The molecule has 104 valence electrons. The Balaban J connectivity index is 2.09. The van der Waals surface area contributed by atoms with E-state index in [1.54, 1.807) is 11.0 Å². The molecule has 1 atom stereocenters. The number of hydrogen-bond acceptors (Lipinski definition) is 3. The molecule has 1 fully saturated rings. The summed E-state index contributed by atoms with van der Waals surface area (Å²) in [7, 11) is 0. The lowest BCUT2D eigenvalue weighted by molar-refractivity contribution is 0.176. The van der Waals surface area contributed by atoms with Gasteiger partial charge in [0.1, 0.15) is 5.75 Å². The maximum absolute atomic E-state index is 12.1. The molecule has 0 aromatic heterocycles. The normalized spacial score (nSPS) is 18.5. The molecule has 0 unspecified atom stereocenters. The minimum absolute atomic E-state index is 0.212. The molecule has 0 bridgehead atoms. The van der Waals surface area contributed by atoms with Crippen molar-refractivity contribution in [2.24, 2.45) is 0 Å². The first-order chi connectivity index (χ1) is 9.10. The van der Waals surface area contributed by atoms with E-state index in [-0.39, 0.29) is 6.03 Å². The summed E-state index contributed by atoms with van der Waals surface area (Å²) in [5, 5.41) is 12.3. The van der Waals surface area contributed by atoms with Crippen LogP contribution >= 0.6 is 15.9 Å². The van der Waals surface area contributed by atoms with Crippen LogP contribution in [0.5, 0.6) is 5.75 Å². The molecule has 6 heteroatoms. The van der Waals surface area contributed by atoms with Crippen molar-refractivity contribution < 1.29 is 14.6 Å². The van der Waals surface area contributed by atoms with E-state index in [1.165, 1.54) is 0 Å². The molecule has 2 rings (SSSR count). The Labute approximate surface area is 120 Å². The molecule has 0 saturated carbocycles. The number of rotatable bonds is 3. The maximum atomic E-state index is 12.1. The van der Waals surface area contributed by atoms with Crippen molar-refractivity contribution in [3.05, 3.63) is 22.7 Å². The fraction of sp³-hybridized carbons (Fsp3) is 0.462. The predicted molar refractivity (Wildman–Crippen MR) is 76.5 cm³/mol. The van der Waals surface area contributed by atoms with Gasteiger partial charge in [0.25, 0.3) is 0 Å². The van der Waals surface area contributed by atoms with Gasteiger partial charge in [-0.15, -0.1) is 0 Å². The topological polar surface area (TPSA) is 61.8 Å². The Kier molecular flexibility index (Phi) is 4.66. The van der Waals surface area contributed by atoms with Gasteiger partial charge in [-0.2, -0.15) is 0 Å². The Morgan fingerprint density at radius 2 is 2.42 bits per heavy atom. The lowest BCUT2D eigenvalue weighted by atomic mass is 10.3. The van der Waals surface area contributed by atoms with Crippen LogP contribution < -0.4 is 10.1 Å². The first-order valence-electron chi connectivity index (χ1n) is 6.26. The van der Waals surface area contributed by atoms with Crippen molar-refractivity contribution in [1.82, 2.24) is 4.90 Å². The van der Waals surface area contributed by atoms with Gasteiger partial charge in [-0.25, -0.2) is 4.79 Å². The molecular formula is C13H17BrN2O3. The van der Waals surface area contributed by atoms with E-state index in [4.69, 9.17) is 4.74 Å². The quantitative estimate of drug-likeness (QED) is 0.895. The zero-order valence-electron chi connectivity index (χ0n) is 10.7. The molecule has 1 heterocycles. The summed E-state index contributed by atoms with van der Waals surface area (Å²) in [6.45, 7) is 3.38. The van der Waals surface area contributed by atoms with Crippen LogP contribution in [-0.4, -0.2) is 41.8 Å².